The van der Waals surface area contributed by atoms with Gasteiger partial charge < -0.3 is 5.73 Å². The molecule has 0 aliphatic carbocycles. The van der Waals surface area contributed by atoms with Gasteiger partial charge in [0.15, 0.2) is 0 Å². The summed E-state index contributed by atoms with van der Waals surface area (Å²) < 4.78 is 0. The SMILES string of the molecule is CC[SiH2]CCCN. The molecule has 0 spiro atoms. The molecule has 0 aromatic heterocycles. The van der Waals surface area contributed by atoms with E-state index in [2.05, 4.69) is 6.92 Å². The normalized spacial score (nSPS) is 11.1. The van der Waals surface area contributed by atoms with Gasteiger partial charge in [-0.3, -0.25) is 0 Å². The van der Waals surface area contributed by atoms with Crippen LogP contribution in [0.5, 0.6) is 0 Å². The molecule has 0 aromatic carbocycles. The van der Waals surface area contributed by atoms with Crippen molar-refractivity contribution in [3.63, 3.8) is 0 Å². The fourth-order valence-corrected chi connectivity index (χ4v) is 1.71. The number of nitrogens with two attached hydrogens (primary N) is 1. The standard InChI is InChI=1S/C5H15NSi/c1-2-7-5-3-4-6/h2-7H2,1H3. The molecule has 0 saturated heterocycles. The van der Waals surface area contributed by atoms with Crippen molar-refractivity contribution in [3.05, 3.63) is 0 Å². The van der Waals surface area contributed by atoms with Crippen LogP contribution in [0.1, 0.15) is 13.3 Å². The lowest BCUT2D eigenvalue weighted by molar-refractivity contribution is 0.923. The van der Waals surface area contributed by atoms with E-state index >= 15 is 0 Å². The Hall–Kier alpha value is 0.177. The van der Waals surface area contributed by atoms with Crippen molar-refractivity contribution in [1.29, 1.82) is 0 Å². The summed E-state index contributed by atoms with van der Waals surface area (Å²) >= 11 is 0. The molecular weight excluding hydrogens is 102 g/mol. The molecule has 2 heteroatoms. The molecule has 0 amide bonds. The van der Waals surface area contributed by atoms with Crippen LogP contribution in [0, 0.1) is 0 Å². The third kappa shape index (κ3) is 6.18. The Morgan fingerprint density at radius 2 is 2.29 bits per heavy atom. The molecule has 0 bridgehead atoms. The van der Waals surface area contributed by atoms with Crippen LogP contribution in [-0.2, 0) is 0 Å². The Labute approximate surface area is 48.1 Å². The van der Waals surface area contributed by atoms with Gasteiger partial charge in [-0.05, 0) is 13.0 Å². The summed E-state index contributed by atoms with van der Waals surface area (Å²) in [6.07, 6.45) is 1.26. The highest BCUT2D eigenvalue weighted by molar-refractivity contribution is 6.35. The van der Waals surface area contributed by atoms with Crippen LogP contribution >= 0.6 is 0 Å². The highest BCUT2D eigenvalue weighted by Gasteiger charge is 1.81. The van der Waals surface area contributed by atoms with E-state index < -0.39 is 0 Å². The zero-order chi connectivity index (χ0) is 5.54. The average Bonchev–Trinajstić information content (AvgIpc) is 1.69. The maximum Gasteiger partial charge on any atom is 0.0195 e. The van der Waals surface area contributed by atoms with E-state index in [1.165, 1.54) is 18.5 Å². The first-order valence-corrected chi connectivity index (χ1v) is 5.12. The molecular formula is C5H15NSi. The zero-order valence-corrected chi connectivity index (χ0v) is 6.53. The van der Waals surface area contributed by atoms with E-state index in [-0.39, 0.29) is 0 Å². The topological polar surface area (TPSA) is 26.0 Å². The van der Waals surface area contributed by atoms with Crippen LogP contribution < -0.4 is 5.73 Å². The predicted octanol–water partition coefficient (Wildman–Crippen LogP) is 0.360. The lowest BCUT2D eigenvalue weighted by Gasteiger charge is -1.89. The predicted molar refractivity (Wildman–Crippen MR) is 37.5 cm³/mol. The molecule has 0 heterocycles. The molecule has 0 aliphatic rings. The maximum absolute atomic E-state index is 5.29. The van der Waals surface area contributed by atoms with Crippen molar-refractivity contribution in [2.24, 2.45) is 5.73 Å². The molecule has 0 rings (SSSR count). The first-order chi connectivity index (χ1) is 3.41. The first kappa shape index (κ1) is 7.18. The molecule has 0 atom stereocenters. The van der Waals surface area contributed by atoms with Gasteiger partial charge in [-0.15, -0.1) is 0 Å². The fraction of sp³-hybridized carbons (Fsp3) is 1.00. The van der Waals surface area contributed by atoms with Crippen molar-refractivity contribution >= 4 is 9.52 Å². The van der Waals surface area contributed by atoms with Crippen LogP contribution in [0.2, 0.25) is 12.1 Å². The first-order valence-electron chi connectivity index (χ1n) is 3.12. The van der Waals surface area contributed by atoms with Crippen LogP contribution in [0.25, 0.3) is 0 Å². The van der Waals surface area contributed by atoms with Gasteiger partial charge in [0, 0.05) is 9.52 Å². The lowest BCUT2D eigenvalue weighted by Crippen LogP contribution is -1.99. The third-order valence-corrected chi connectivity index (χ3v) is 2.76. The van der Waals surface area contributed by atoms with Gasteiger partial charge in [0.1, 0.15) is 0 Å². The smallest absolute Gasteiger partial charge is 0.0195 e. The third-order valence-electron chi connectivity index (χ3n) is 1.06. The Kier molecular flexibility index (Phi) is 6.33. The van der Waals surface area contributed by atoms with E-state index in [1.54, 1.807) is 0 Å². The Morgan fingerprint density at radius 3 is 2.71 bits per heavy atom. The Balaban J connectivity index is 2.45. The Bertz CT molecular complexity index is 27.3. The van der Waals surface area contributed by atoms with Crippen molar-refractivity contribution in [2.45, 2.75) is 25.4 Å². The molecule has 0 saturated carbocycles. The van der Waals surface area contributed by atoms with E-state index in [1.807, 2.05) is 0 Å². The largest absolute Gasteiger partial charge is 0.330 e. The minimum Gasteiger partial charge on any atom is -0.330 e. The van der Waals surface area contributed by atoms with Crippen LogP contribution in [0.15, 0.2) is 0 Å². The second-order valence-electron chi connectivity index (χ2n) is 1.85. The molecule has 44 valence electrons. The summed E-state index contributed by atoms with van der Waals surface area (Å²) in [5.41, 5.74) is 5.29. The average molecular weight is 117 g/mol. The zero-order valence-electron chi connectivity index (χ0n) is 5.11. The summed E-state index contributed by atoms with van der Waals surface area (Å²) in [5.74, 6) is 0. The maximum atomic E-state index is 5.29. The monoisotopic (exact) mass is 117 g/mol. The highest BCUT2D eigenvalue weighted by Crippen LogP contribution is 1.87. The second-order valence-corrected chi connectivity index (χ2v) is 4.26. The molecule has 0 fully saturated rings. The van der Waals surface area contributed by atoms with Gasteiger partial charge in [0.25, 0.3) is 0 Å². The van der Waals surface area contributed by atoms with Gasteiger partial charge >= 0.3 is 0 Å². The minimum atomic E-state index is 0.331. The second kappa shape index (κ2) is 6.18. The molecule has 7 heavy (non-hydrogen) atoms. The van der Waals surface area contributed by atoms with Crippen molar-refractivity contribution in [1.82, 2.24) is 0 Å². The van der Waals surface area contributed by atoms with Gasteiger partial charge in [-0.1, -0.05) is 19.0 Å². The van der Waals surface area contributed by atoms with Gasteiger partial charge in [-0.2, -0.15) is 0 Å². The summed E-state index contributed by atoms with van der Waals surface area (Å²) in [6.45, 7) is 3.16. The quantitative estimate of drug-likeness (QED) is 0.417. The van der Waals surface area contributed by atoms with E-state index in [9.17, 15) is 0 Å². The van der Waals surface area contributed by atoms with E-state index in [0.717, 1.165) is 6.54 Å². The Morgan fingerprint density at radius 1 is 1.57 bits per heavy atom. The summed E-state index contributed by atoms with van der Waals surface area (Å²) in [6, 6.07) is 2.90. The van der Waals surface area contributed by atoms with E-state index in [4.69, 9.17) is 5.73 Å². The number of hydrogen-bond acceptors (Lipinski definition) is 1. The fourth-order valence-electron chi connectivity index (χ4n) is 0.571. The van der Waals surface area contributed by atoms with Crippen molar-refractivity contribution < 1.29 is 0 Å². The van der Waals surface area contributed by atoms with Crippen LogP contribution in [0.4, 0.5) is 0 Å². The molecule has 0 unspecified atom stereocenters. The molecule has 0 aliphatic heterocycles. The summed E-state index contributed by atoms with van der Waals surface area (Å²) in [4.78, 5) is 0. The summed E-state index contributed by atoms with van der Waals surface area (Å²) in [5, 5.41) is 0. The number of rotatable bonds is 4. The molecule has 0 radical (unpaired) electrons. The van der Waals surface area contributed by atoms with Crippen LogP contribution in [-0.4, -0.2) is 16.1 Å². The molecule has 0 aromatic rings. The van der Waals surface area contributed by atoms with Gasteiger partial charge in [-0.25, -0.2) is 0 Å². The number of hydrogen-bond donors (Lipinski definition) is 1. The van der Waals surface area contributed by atoms with E-state index in [0.29, 0.717) is 9.52 Å². The van der Waals surface area contributed by atoms with Gasteiger partial charge in [0.2, 0.25) is 0 Å². The van der Waals surface area contributed by atoms with Crippen molar-refractivity contribution in [2.75, 3.05) is 6.54 Å². The molecule has 2 N–H and O–H groups in total. The summed E-state index contributed by atoms with van der Waals surface area (Å²) in [7, 11) is 0.331. The lowest BCUT2D eigenvalue weighted by atomic mass is 10.5. The van der Waals surface area contributed by atoms with Crippen LogP contribution in [0.3, 0.4) is 0 Å². The molecule has 1 nitrogen and oxygen atoms in total. The van der Waals surface area contributed by atoms with Crippen molar-refractivity contribution in [3.8, 4) is 0 Å². The minimum absolute atomic E-state index is 0.331. The van der Waals surface area contributed by atoms with Gasteiger partial charge in [0.05, 0.1) is 0 Å². The highest BCUT2D eigenvalue weighted by atomic mass is 28.2.